The van der Waals surface area contributed by atoms with E-state index in [1.807, 2.05) is 6.07 Å². The molecule has 1 aliphatic heterocycles. The van der Waals surface area contributed by atoms with Gasteiger partial charge in [0, 0.05) is 23.6 Å². The standard InChI is InChI=1S/C20H21FN2O4S.BrH/c1-25-14-5-6-15(16(21)11-14)17(24)12-23(20-22-8-9-28-20)13-4-7-18(26-2)19(10-13)27-3;/h4-7,10-11H,8-9,12H2,1-3H3;1H. The number of hydrogen-bond acceptors (Lipinski definition) is 7. The van der Waals surface area contributed by atoms with Gasteiger partial charge in [-0.3, -0.25) is 9.79 Å². The number of Topliss-reactive ketones (excluding diaryl/α,β-unsaturated/α-hetero) is 1. The second-order valence-corrected chi connectivity index (χ2v) is 6.97. The van der Waals surface area contributed by atoms with Gasteiger partial charge in [0.2, 0.25) is 0 Å². The highest BCUT2D eigenvalue weighted by Crippen LogP contribution is 2.33. The van der Waals surface area contributed by atoms with E-state index in [0.29, 0.717) is 29.5 Å². The number of hydrogen-bond donors (Lipinski definition) is 0. The number of anilines is 1. The fourth-order valence-electron chi connectivity index (χ4n) is 2.83. The number of carbonyl (C=O) groups excluding carboxylic acids is 1. The van der Waals surface area contributed by atoms with Crippen LogP contribution < -0.4 is 19.1 Å². The zero-order chi connectivity index (χ0) is 20.1. The minimum Gasteiger partial charge on any atom is -0.497 e. The number of amidine groups is 1. The molecule has 0 radical (unpaired) electrons. The van der Waals surface area contributed by atoms with Gasteiger partial charge < -0.3 is 19.1 Å². The van der Waals surface area contributed by atoms with Gasteiger partial charge in [0.05, 0.1) is 40.0 Å². The Morgan fingerprint density at radius 3 is 2.45 bits per heavy atom. The molecule has 0 aromatic heterocycles. The van der Waals surface area contributed by atoms with E-state index in [9.17, 15) is 9.18 Å². The summed E-state index contributed by atoms with van der Waals surface area (Å²) < 4.78 is 30.0. The molecule has 0 atom stereocenters. The normalized spacial score (nSPS) is 12.6. The van der Waals surface area contributed by atoms with Crippen LogP contribution in [0.3, 0.4) is 0 Å². The topological polar surface area (TPSA) is 60.4 Å². The number of halogens is 2. The molecule has 156 valence electrons. The van der Waals surface area contributed by atoms with E-state index in [2.05, 4.69) is 4.99 Å². The van der Waals surface area contributed by atoms with Gasteiger partial charge in [-0.15, -0.1) is 17.0 Å². The van der Waals surface area contributed by atoms with Crippen LogP contribution in [0.5, 0.6) is 17.2 Å². The van der Waals surface area contributed by atoms with Crippen molar-refractivity contribution in [1.82, 2.24) is 0 Å². The summed E-state index contributed by atoms with van der Waals surface area (Å²) in [5.74, 6) is 1.35. The number of benzene rings is 2. The Kier molecular flexibility index (Phi) is 8.33. The Labute approximate surface area is 183 Å². The lowest BCUT2D eigenvalue weighted by molar-refractivity contribution is 0.0998. The molecule has 0 saturated heterocycles. The Balaban J connectivity index is 0.00000300. The van der Waals surface area contributed by atoms with Crippen molar-refractivity contribution >= 4 is 45.4 Å². The third-order valence-electron chi connectivity index (χ3n) is 4.26. The molecule has 9 heteroatoms. The van der Waals surface area contributed by atoms with Crippen molar-refractivity contribution in [2.24, 2.45) is 4.99 Å². The maximum atomic E-state index is 14.3. The first-order chi connectivity index (χ1) is 13.6. The molecule has 0 amide bonds. The predicted octanol–water partition coefficient (Wildman–Crippen LogP) is 4.22. The van der Waals surface area contributed by atoms with Crippen molar-refractivity contribution < 1.29 is 23.4 Å². The Bertz CT molecular complexity index is 910. The first-order valence-electron chi connectivity index (χ1n) is 8.61. The van der Waals surface area contributed by atoms with Gasteiger partial charge in [-0.2, -0.15) is 0 Å². The third-order valence-corrected chi connectivity index (χ3v) is 5.25. The van der Waals surface area contributed by atoms with Gasteiger partial charge in [0.15, 0.2) is 22.4 Å². The SMILES string of the molecule is Br.COc1ccc(C(=O)CN(C2=NCCS2)c2ccc(OC)c(OC)c2)c(F)c1. The van der Waals surface area contributed by atoms with Crippen LogP contribution in [0.2, 0.25) is 0 Å². The van der Waals surface area contributed by atoms with E-state index in [1.165, 1.54) is 19.2 Å². The zero-order valence-electron chi connectivity index (χ0n) is 16.3. The molecular formula is C20H22BrFN2O4S. The van der Waals surface area contributed by atoms with Gasteiger partial charge >= 0.3 is 0 Å². The average Bonchev–Trinajstić information content (AvgIpc) is 3.25. The number of thioether (sulfide) groups is 1. The first kappa shape index (κ1) is 23.0. The van der Waals surface area contributed by atoms with Crippen molar-refractivity contribution in [3.63, 3.8) is 0 Å². The molecule has 1 aliphatic rings. The number of methoxy groups -OCH3 is 3. The van der Waals surface area contributed by atoms with Gasteiger partial charge in [-0.25, -0.2) is 4.39 Å². The minimum absolute atomic E-state index is 0. The number of carbonyl (C=O) groups is 1. The van der Waals surface area contributed by atoms with E-state index < -0.39 is 5.82 Å². The van der Waals surface area contributed by atoms with E-state index in [0.717, 1.165) is 10.9 Å². The molecule has 0 aliphatic carbocycles. The summed E-state index contributed by atoms with van der Waals surface area (Å²) in [5, 5.41) is 0.717. The minimum atomic E-state index is -0.613. The maximum absolute atomic E-state index is 14.3. The number of nitrogens with zero attached hydrogens (tertiary/aromatic N) is 2. The van der Waals surface area contributed by atoms with Crippen LogP contribution in [0.1, 0.15) is 10.4 Å². The molecule has 29 heavy (non-hydrogen) atoms. The lowest BCUT2D eigenvalue weighted by atomic mass is 10.1. The van der Waals surface area contributed by atoms with Gasteiger partial charge in [0.25, 0.3) is 0 Å². The molecule has 0 saturated carbocycles. The quantitative estimate of drug-likeness (QED) is 0.548. The van der Waals surface area contributed by atoms with E-state index in [-0.39, 0.29) is 34.9 Å². The smallest absolute Gasteiger partial charge is 0.185 e. The number of ether oxygens (including phenoxy) is 3. The first-order valence-corrected chi connectivity index (χ1v) is 9.59. The van der Waals surface area contributed by atoms with Gasteiger partial charge in [0.1, 0.15) is 11.6 Å². The zero-order valence-corrected chi connectivity index (χ0v) is 18.8. The summed E-state index contributed by atoms with van der Waals surface area (Å²) in [6, 6.07) is 9.57. The van der Waals surface area contributed by atoms with Crippen molar-refractivity contribution in [3.05, 3.63) is 47.8 Å². The second-order valence-electron chi connectivity index (χ2n) is 5.91. The van der Waals surface area contributed by atoms with Crippen LogP contribution in [0, 0.1) is 5.82 Å². The van der Waals surface area contributed by atoms with Crippen molar-refractivity contribution in [2.45, 2.75) is 0 Å². The predicted molar refractivity (Wildman–Crippen MR) is 119 cm³/mol. The molecule has 6 nitrogen and oxygen atoms in total. The van der Waals surface area contributed by atoms with E-state index in [4.69, 9.17) is 14.2 Å². The van der Waals surface area contributed by atoms with Crippen LogP contribution in [0.4, 0.5) is 10.1 Å². The second kappa shape index (κ2) is 10.5. The summed E-state index contributed by atoms with van der Waals surface area (Å²) in [4.78, 5) is 19.1. The Hall–Kier alpha value is -2.26. The fraction of sp³-hybridized carbons (Fsp3) is 0.300. The van der Waals surface area contributed by atoms with Crippen molar-refractivity contribution in [2.75, 3.05) is 45.1 Å². The molecule has 2 aromatic carbocycles. The summed E-state index contributed by atoms with van der Waals surface area (Å²) in [6.07, 6.45) is 0. The molecular weight excluding hydrogens is 463 g/mol. The van der Waals surface area contributed by atoms with Crippen LogP contribution >= 0.6 is 28.7 Å². The van der Waals surface area contributed by atoms with Crippen LogP contribution in [0.15, 0.2) is 41.4 Å². The van der Waals surface area contributed by atoms with Crippen molar-refractivity contribution in [3.8, 4) is 17.2 Å². The van der Waals surface area contributed by atoms with E-state index >= 15 is 0 Å². The van der Waals surface area contributed by atoms with Gasteiger partial charge in [-0.1, -0.05) is 11.8 Å². The molecule has 2 aromatic rings. The summed E-state index contributed by atoms with van der Waals surface area (Å²) >= 11 is 1.55. The lowest BCUT2D eigenvalue weighted by Gasteiger charge is -2.24. The summed E-state index contributed by atoms with van der Waals surface area (Å²) in [5.41, 5.74) is 0.725. The Morgan fingerprint density at radius 1 is 1.10 bits per heavy atom. The van der Waals surface area contributed by atoms with Crippen molar-refractivity contribution in [1.29, 1.82) is 0 Å². The average molecular weight is 485 g/mol. The molecule has 0 spiro atoms. The fourth-order valence-corrected chi connectivity index (χ4v) is 3.70. The van der Waals surface area contributed by atoms with E-state index in [1.54, 1.807) is 49.1 Å². The molecule has 1 heterocycles. The Morgan fingerprint density at radius 2 is 1.86 bits per heavy atom. The maximum Gasteiger partial charge on any atom is 0.185 e. The molecule has 0 unspecified atom stereocenters. The summed E-state index contributed by atoms with van der Waals surface area (Å²) in [6.45, 7) is 0.624. The molecule has 0 fully saturated rings. The highest BCUT2D eigenvalue weighted by Gasteiger charge is 2.24. The number of ketones is 1. The van der Waals surface area contributed by atoms with Crippen LogP contribution in [0.25, 0.3) is 0 Å². The highest BCUT2D eigenvalue weighted by molar-refractivity contribution is 8.93. The molecule has 0 bridgehead atoms. The monoisotopic (exact) mass is 484 g/mol. The lowest BCUT2D eigenvalue weighted by Crippen LogP contribution is -2.33. The summed E-state index contributed by atoms with van der Waals surface area (Å²) in [7, 11) is 4.55. The van der Waals surface area contributed by atoms with Crippen LogP contribution in [-0.2, 0) is 0 Å². The van der Waals surface area contributed by atoms with Gasteiger partial charge in [-0.05, 0) is 24.3 Å². The van der Waals surface area contributed by atoms with Crippen LogP contribution in [-0.4, -0.2) is 51.1 Å². The molecule has 3 rings (SSSR count). The highest BCUT2D eigenvalue weighted by atomic mass is 79.9. The largest absolute Gasteiger partial charge is 0.497 e. The number of aliphatic imine (C=N–C) groups is 1. The molecule has 0 N–H and O–H groups in total. The number of rotatable bonds is 7. The third kappa shape index (κ3) is 5.22.